The molecule has 0 rings (SSSR count). The van der Waals surface area contributed by atoms with Gasteiger partial charge in [0.2, 0.25) is 0 Å². The lowest BCUT2D eigenvalue weighted by atomic mass is 10.1. The highest BCUT2D eigenvalue weighted by atomic mass is 31.1. The molecule has 0 aliphatic heterocycles. The zero-order valence-corrected chi connectivity index (χ0v) is 11.1. The Morgan fingerprint density at radius 2 is 1.71 bits per heavy atom. The van der Waals surface area contributed by atoms with E-state index in [9.17, 15) is 4.89 Å². The summed E-state index contributed by atoms with van der Waals surface area (Å²) in [5, 5.41) is 0. The Bertz CT molecular complexity index is 151. The Labute approximate surface area is 91.2 Å². The highest BCUT2D eigenvalue weighted by molar-refractivity contribution is 7.52. The Morgan fingerprint density at radius 3 is 2.07 bits per heavy atom. The van der Waals surface area contributed by atoms with Crippen LogP contribution in [0.15, 0.2) is 0 Å². The van der Waals surface area contributed by atoms with Crippen molar-refractivity contribution in [3.05, 3.63) is 0 Å². The Morgan fingerprint density at radius 1 is 1.21 bits per heavy atom. The van der Waals surface area contributed by atoms with Crippen molar-refractivity contribution >= 4 is 21.4 Å². The number of hydrogen-bond donors (Lipinski definition) is 1. The van der Waals surface area contributed by atoms with E-state index in [0.717, 1.165) is 6.32 Å². The molecule has 3 heteroatoms. The highest BCUT2D eigenvalue weighted by Crippen LogP contribution is 2.32. The topological polar surface area (TPSA) is 20.2 Å². The van der Waals surface area contributed by atoms with Crippen LogP contribution in [-0.2, 0) is 0 Å². The molecule has 0 saturated heterocycles. The van der Waals surface area contributed by atoms with Gasteiger partial charge < -0.3 is 4.89 Å². The van der Waals surface area contributed by atoms with Crippen LogP contribution in [0.5, 0.6) is 0 Å². The maximum Gasteiger partial charge on any atom is 0.106 e. The minimum Gasteiger partial charge on any atom is -0.379 e. The van der Waals surface area contributed by atoms with Crippen molar-refractivity contribution in [1.29, 1.82) is 0 Å². The van der Waals surface area contributed by atoms with Crippen LogP contribution in [-0.4, -0.2) is 24.2 Å². The maximum absolute atomic E-state index is 10.0. The van der Waals surface area contributed by atoms with Crippen LogP contribution < -0.4 is 0 Å². The molecular formula is C11H26BOP. The van der Waals surface area contributed by atoms with Crippen LogP contribution >= 0.6 is 7.77 Å². The van der Waals surface area contributed by atoms with Crippen molar-refractivity contribution in [2.24, 2.45) is 0 Å². The average Bonchev–Trinajstić information content (AvgIpc) is 2.18. The van der Waals surface area contributed by atoms with Crippen molar-refractivity contribution in [3.63, 3.8) is 0 Å². The Hall–Kier alpha value is 0.325. The Balaban J connectivity index is 4.01. The maximum atomic E-state index is 10.0. The largest absolute Gasteiger partial charge is 0.379 e. The normalized spacial score (nSPS) is 13.7. The van der Waals surface area contributed by atoms with Crippen molar-refractivity contribution in [1.82, 2.24) is 0 Å². The second-order valence-electron chi connectivity index (χ2n) is 4.02. The third-order valence-electron chi connectivity index (χ3n) is 2.64. The van der Waals surface area contributed by atoms with E-state index in [2.05, 4.69) is 27.5 Å². The fourth-order valence-electron chi connectivity index (χ4n) is 1.72. The van der Waals surface area contributed by atoms with E-state index in [1.807, 2.05) is 0 Å². The molecule has 0 aromatic rings. The molecule has 14 heavy (non-hydrogen) atoms. The van der Waals surface area contributed by atoms with Crippen LogP contribution in [0.25, 0.3) is 0 Å². The van der Waals surface area contributed by atoms with E-state index in [1.165, 1.54) is 38.5 Å². The first kappa shape index (κ1) is 14.3. The number of hydrogen-bond acceptors (Lipinski definition) is 1. The summed E-state index contributed by atoms with van der Waals surface area (Å²) in [5.74, 6) is 2.15. The van der Waals surface area contributed by atoms with Gasteiger partial charge in [-0.15, -0.1) is 0 Å². The molecular weight excluding hydrogens is 190 g/mol. The second kappa shape index (κ2) is 9.86. The molecule has 0 aliphatic carbocycles. The molecule has 1 N–H and O–H groups in total. The van der Waals surface area contributed by atoms with Crippen molar-refractivity contribution in [2.45, 2.75) is 64.4 Å². The van der Waals surface area contributed by atoms with Gasteiger partial charge in [-0.05, 0) is 26.3 Å². The zero-order valence-electron chi connectivity index (χ0n) is 10.1. The lowest BCUT2D eigenvalue weighted by Gasteiger charge is -2.17. The minimum atomic E-state index is -1.15. The highest BCUT2D eigenvalue weighted by Gasteiger charge is 2.09. The molecule has 0 aromatic heterocycles. The first-order valence-corrected chi connectivity index (χ1v) is 7.75. The van der Waals surface area contributed by atoms with Gasteiger partial charge in [0.05, 0.1) is 0 Å². The molecule has 0 aromatic carbocycles. The fourth-order valence-corrected chi connectivity index (χ4v) is 3.47. The predicted octanol–water partition coefficient (Wildman–Crippen LogP) is 2.71. The van der Waals surface area contributed by atoms with Gasteiger partial charge in [0, 0.05) is 0 Å². The standard InChI is InChI=1S/C11H26BOP/c1-3-5-7-11(8-6-4-2)14(13)10-9-12/h10-11,13-14H,3-9,12H2,1-2H3. The molecule has 84 valence electrons. The summed E-state index contributed by atoms with van der Waals surface area (Å²) in [4.78, 5) is 10.0. The van der Waals surface area contributed by atoms with Gasteiger partial charge in [-0.3, -0.25) is 0 Å². The summed E-state index contributed by atoms with van der Waals surface area (Å²) in [5.41, 5.74) is 0.611. The first-order valence-electron chi connectivity index (χ1n) is 6.15. The van der Waals surface area contributed by atoms with Gasteiger partial charge in [0.15, 0.2) is 0 Å². The van der Waals surface area contributed by atoms with Crippen LogP contribution in [0, 0.1) is 0 Å². The molecule has 0 radical (unpaired) electrons. The molecule has 0 aliphatic rings. The van der Waals surface area contributed by atoms with Gasteiger partial charge in [-0.2, -0.15) is 0 Å². The van der Waals surface area contributed by atoms with Crippen molar-refractivity contribution in [3.8, 4) is 0 Å². The predicted molar refractivity (Wildman–Crippen MR) is 72.8 cm³/mol. The average molecular weight is 216 g/mol. The molecule has 1 nitrogen and oxygen atoms in total. The van der Waals surface area contributed by atoms with Crippen molar-refractivity contribution < 1.29 is 4.89 Å². The fraction of sp³-hybridized carbons (Fsp3) is 0.909. The molecule has 0 spiro atoms. The molecule has 0 heterocycles. The van der Waals surface area contributed by atoms with Crippen LogP contribution in [0.4, 0.5) is 0 Å². The van der Waals surface area contributed by atoms with Crippen LogP contribution in [0.1, 0.15) is 52.4 Å². The van der Waals surface area contributed by atoms with E-state index in [-0.39, 0.29) is 0 Å². The van der Waals surface area contributed by atoms with E-state index in [4.69, 9.17) is 0 Å². The summed E-state index contributed by atoms with van der Waals surface area (Å²) in [6.07, 6.45) is 8.56. The molecule has 1 unspecified atom stereocenters. The van der Waals surface area contributed by atoms with Crippen molar-refractivity contribution in [2.75, 3.05) is 0 Å². The molecule has 0 bridgehead atoms. The zero-order chi connectivity index (χ0) is 10.8. The smallest absolute Gasteiger partial charge is 0.106 e. The number of unbranched alkanes of at least 4 members (excludes halogenated alkanes) is 2. The van der Waals surface area contributed by atoms with E-state index < -0.39 is 7.77 Å². The SMILES string of the molecule is BC/C=[PH](/O)C(CCCC)CCCC. The second-order valence-corrected chi connectivity index (χ2v) is 6.09. The molecule has 0 amide bonds. The van der Waals surface area contributed by atoms with Gasteiger partial charge in [-0.25, -0.2) is 0 Å². The first-order chi connectivity index (χ1) is 6.76. The van der Waals surface area contributed by atoms with Gasteiger partial charge in [0.1, 0.15) is 7.85 Å². The molecule has 0 saturated carbocycles. The van der Waals surface area contributed by atoms with E-state index in [0.29, 0.717) is 5.66 Å². The lowest BCUT2D eigenvalue weighted by Crippen LogP contribution is -2.03. The lowest BCUT2D eigenvalue weighted by molar-refractivity contribution is 0.561. The molecule has 1 atom stereocenters. The number of rotatable bonds is 8. The summed E-state index contributed by atoms with van der Waals surface area (Å²) in [6, 6.07) is 0. The quantitative estimate of drug-likeness (QED) is 0.488. The van der Waals surface area contributed by atoms with Gasteiger partial charge in [0.25, 0.3) is 0 Å². The summed E-state index contributed by atoms with van der Waals surface area (Å²) < 4.78 is 0. The summed E-state index contributed by atoms with van der Waals surface area (Å²) in [6.45, 7) is 4.45. The minimum absolute atomic E-state index is 0.611. The van der Waals surface area contributed by atoms with E-state index in [1.54, 1.807) is 0 Å². The summed E-state index contributed by atoms with van der Waals surface area (Å²) in [7, 11) is 0.974. The van der Waals surface area contributed by atoms with E-state index >= 15 is 0 Å². The van der Waals surface area contributed by atoms with Gasteiger partial charge >= 0.3 is 0 Å². The van der Waals surface area contributed by atoms with Crippen LogP contribution in [0.3, 0.4) is 0 Å². The van der Waals surface area contributed by atoms with Gasteiger partial charge in [-0.1, -0.05) is 51.6 Å². The third kappa shape index (κ3) is 6.73. The Kier molecular flexibility index (Phi) is 10.1. The molecule has 0 fully saturated rings. The summed E-state index contributed by atoms with van der Waals surface area (Å²) >= 11 is 0. The third-order valence-corrected chi connectivity index (χ3v) is 4.88. The van der Waals surface area contributed by atoms with Crippen LogP contribution in [0.2, 0.25) is 6.32 Å². The monoisotopic (exact) mass is 216 g/mol.